The number of carbonyl (C=O) groups excluding carboxylic acids is 1. The summed E-state index contributed by atoms with van der Waals surface area (Å²) in [4.78, 5) is 11.8. The lowest BCUT2D eigenvalue weighted by molar-refractivity contribution is -0.111. The lowest BCUT2D eigenvalue weighted by Gasteiger charge is -2.58. The topological polar surface area (TPSA) is 17.1 Å². The van der Waals surface area contributed by atoms with Crippen molar-refractivity contribution in [1.82, 2.24) is 0 Å². The molecule has 0 aromatic heterocycles. The Bertz CT molecular complexity index is 591. The Kier molecular flexibility index (Phi) is 3.61. The molecule has 4 rings (SSSR count). The average molecular weight is 333 g/mol. The van der Waals surface area contributed by atoms with Crippen molar-refractivity contribution in [3.63, 3.8) is 0 Å². The van der Waals surface area contributed by atoms with E-state index in [2.05, 4.69) is 26.8 Å². The van der Waals surface area contributed by atoms with Crippen LogP contribution in [0.1, 0.15) is 59.3 Å². The number of rotatable bonds is 1. The lowest BCUT2D eigenvalue weighted by atomic mass is 9.47. The molecular formula is C21H29ClO. The van der Waals surface area contributed by atoms with E-state index in [4.69, 9.17) is 11.6 Å². The van der Waals surface area contributed by atoms with Crippen molar-refractivity contribution in [3.8, 4) is 0 Å². The molecule has 126 valence electrons. The van der Waals surface area contributed by atoms with Crippen LogP contribution in [0.15, 0.2) is 23.8 Å². The van der Waals surface area contributed by atoms with Crippen LogP contribution >= 0.6 is 11.6 Å². The molecule has 0 aromatic rings. The molecule has 0 aromatic carbocycles. The van der Waals surface area contributed by atoms with Crippen molar-refractivity contribution in [3.05, 3.63) is 23.8 Å². The van der Waals surface area contributed by atoms with E-state index < -0.39 is 0 Å². The zero-order valence-corrected chi connectivity index (χ0v) is 15.4. The molecule has 0 heterocycles. The maximum atomic E-state index is 11.8. The first-order chi connectivity index (χ1) is 10.9. The molecular weight excluding hydrogens is 304 g/mol. The minimum Gasteiger partial charge on any atom is -0.290 e. The van der Waals surface area contributed by atoms with Gasteiger partial charge in [-0.05, 0) is 73.3 Å². The Balaban J connectivity index is 1.73. The largest absolute Gasteiger partial charge is 0.290 e. The first-order valence-electron chi connectivity index (χ1n) is 9.48. The summed E-state index contributed by atoms with van der Waals surface area (Å²) in [6, 6.07) is 0. The van der Waals surface area contributed by atoms with E-state index in [1.165, 1.54) is 37.7 Å². The summed E-state index contributed by atoms with van der Waals surface area (Å²) in [6.07, 6.45) is 13.5. The van der Waals surface area contributed by atoms with E-state index in [9.17, 15) is 4.79 Å². The van der Waals surface area contributed by atoms with Gasteiger partial charge in [-0.15, -0.1) is 11.6 Å². The fourth-order valence-electron chi connectivity index (χ4n) is 6.90. The second-order valence-electron chi connectivity index (χ2n) is 8.93. The molecule has 0 amide bonds. The van der Waals surface area contributed by atoms with Gasteiger partial charge < -0.3 is 0 Å². The minimum atomic E-state index is 0.0651. The highest BCUT2D eigenvalue weighted by Gasteiger charge is 2.60. The van der Waals surface area contributed by atoms with Crippen molar-refractivity contribution in [2.45, 2.75) is 64.7 Å². The van der Waals surface area contributed by atoms with Gasteiger partial charge in [0.05, 0.1) is 0 Å². The van der Waals surface area contributed by atoms with Crippen LogP contribution in [0.25, 0.3) is 0 Å². The summed E-state index contributed by atoms with van der Waals surface area (Å²) in [6.45, 7) is 7.27. The Morgan fingerprint density at radius 2 is 2.00 bits per heavy atom. The third-order valence-electron chi connectivity index (χ3n) is 8.23. The van der Waals surface area contributed by atoms with Crippen LogP contribution in [-0.4, -0.2) is 11.2 Å². The van der Waals surface area contributed by atoms with Gasteiger partial charge in [0, 0.05) is 10.8 Å². The van der Waals surface area contributed by atoms with E-state index in [0.717, 1.165) is 18.3 Å². The monoisotopic (exact) mass is 332 g/mol. The predicted molar refractivity (Wildman–Crippen MR) is 95.4 cm³/mol. The SMILES string of the molecule is CC[C@H]1CC[C@H]2[C@@H]3[C@H](Cl)CC4=CC(=O)C=C[C@]4(C)[C@H]3CC[C@]12C. The number of alkyl halides is 1. The predicted octanol–water partition coefficient (Wildman–Crippen LogP) is 5.54. The Hall–Kier alpha value is -0.560. The molecule has 3 fully saturated rings. The molecule has 0 bridgehead atoms. The molecule has 0 saturated heterocycles. The molecule has 0 unspecified atom stereocenters. The summed E-state index contributed by atoms with van der Waals surface area (Å²) >= 11 is 6.96. The van der Waals surface area contributed by atoms with E-state index in [-0.39, 0.29) is 16.6 Å². The average Bonchev–Trinajstić information content (AvgIpc) is 2.85. The van der Waals surface area contributed by atoms with Crippen molar-refractivity contribution < 1.29 is 4.79 Å². The Morgan fingerprint density at radius 3 is 2.74 bits per heavy atom. The maximum absolute atomic E-state index is 11.8. The molecule has 7 atom stereocenters. The van der Waals surface area contributed by atoms with E-state index >= 15 is 0 Å². The highest BCUT2D eigenvalue weighted by molar-refractivity contribution is 6.21. The van der Waals surface area contributed by atoms with E-state index in [1.807, 2.05) is 6.08 Å². The number of hydrogen-bond donors (Lipinski definition) is 0. The zero-order chi connectivity index (χ0) is 16.4. The van der Waals surface area contributed by atoms with E-state index in [1.54, 1.807) is 6.08 Å². The van der Waals surface area contributed by atoms with Crippen molar-refractivity contribution >= 4 is 17.4 Å². The number of allylic oxidation sites excluding steroid dienone is 4. The standard InChI is InChI=1S/C21H29ClO/c1-4-13-5-6-16-19-17(8-10-20(13,16)2)21(3)9-7-15(23)11-14(21)12-18(19)22/h7,9,11,13,16-19H,4-6,8,10,12H2,1-3H3/t13-,16-,17-,18+,19-,20+,21-/m0/s1. The molecule has 0 N–H and O–H groups in total. The molecule has 2 heteroatoms. The van der Waals surface area contributed by atoms with Crippen molar-refractivity contribution in [2.24, 2.45) is 34.5 Å². The van der Waals surface area contributed by atoms with E-state index in [0.29, 0.717) is 17.3 Å². The molecule has 3 saturated carbocycles. The van der Waals surface area contributed by atoms with Gasteiger partial charge in [-0.25, -0.2) is 0 Å². The molecule has 0 spiro atoms. The molecule has 0 radical (unpaired) electrons. The van der Waals surface area contributed by atoms with Gasteiger partial charge in [0.1, 0.15) is 0 Å². The normalized spacial score (nSPS) is 51.7. The molecule has 4 aliphatic carbocycles. The van der Waals surface area contributed by atoms with Crippen LogP contribution in [0, 0.1) is 34.5 Å². The van der Waals surface area contributed by atoms with Gasteiger partial charge in [-0.3, -0.25) is 4.79 Å². The quantitative estimate of drug-likeness (QED) is 0.576. The second-order valence-corrected chi connectivity index (χ2v) is 9.49. The van der Waals surface area contributed by atoms with Gasteiger partial charge in [0.15, 0.2) is 5.78 Å². The summed E-state index contributed by atoms with van der Waals surface area (Å²) in [5.41, 5.74) is 1.85. The maximum Gasteiger partial charge on any atom is 0.178 e. The van der Waals surface area contributed by atoms with Gasteiger partial charge in [0.2, 0.25) is 0 Å². The molecule has 4 aliphatic rings. The fraction of sp³-hybridized carbons (Fsp3) is 0.762. The molecule has 23 heavy (non-hydrogen) atoms. The highest BCUT2D eigenvalue weighted by atomic mass is 35.5. The number of fused-ring (bicyclic) bond motifs is 5. The third-order valence-corrected chi connectivity index (χ3v) is 8.67. The Labute approximate surface area is 145 Å². The van der Waals surface area contributed by atoms with Crippen LogP contribution in [0.5, 0.6) is 0 Å². The van der Waals surface area contributed by atoms with Gasteiger partial charge in [-0.2, -0.15) is 0 Å². The van der Waals surface area contributed by atoms with Crippen molar-refractivity contribution in [2.75, 3.05) is 0 Å². The third kappa shape index (κ3) is 2.08. The van der Waals surface area contributed by atoms with Gasteiger partial charge >= 0.3 is 0 Å². The van der Waals surface area contributed by atoms with Crippen LogP contribution in [0.2, 0.25) is 0 Å². The zero-order valence-electron chi connectivity index (χ0n) is 14.6. The van der Waals surface area contributed by atoms with Crippen LogP contribution < -0.4 is 0 Å². The van der Waals surface area contributed by atoms with Crippen LogP contribution in [-0.2, 0) is 4.79 Å². The first-order valence-corrected chi connectivity index (χ1v) is 9.92. The number of carbonyl (C=O) groups is 1. The van der Waals surface area contributed by atoms with Crippen molar-refractivity contribution in [1.29, 1.82) is 0 Å². The highest BCUT2D eigenvalue weighted by Crippen LogP contribution is 2.67. The fourth-order valence-corrected chi connectivity index (χ4v) is 7.42. The molecule has 0 aliphatic heterocycles. The van der Waals surface area contributed by atoms with Gasteiger partial charge in [0.25, 0.3) is 0 Å². The summed E-state index contributed by atoms with van der Waals surface area (Å²) in [5.74, 6) is 3.03. The number of halogens is 1. The Morgan fingerprint density at radius 1 is 1.22 bits per heavy atom. The first kappa shape index (κ1) is 15.9. The van der Waals surface area contributed by atoms with Crippen LogP contribution in [0.4, 0.5) is 0 Å². The minimum absolute atomic E-state index is 0.0651. The smallest absolute Gasteiger partial charge is 0.178 e. The summed E-state index contributed by atoms with van der Waals surface area (Å²) in [7, 11) is 0. The van der Waals surface area contributed by atoms with Gasteiger partial charge in [-0.1, -0.05) is 38.8 Å². The summed E-state index contributed by atoms with van der Waals surface area (Å²) < 4.78 is 0. The number of ketones is 1. The van der Waals surface area contributed by atoms with Crippen LogP contribution in [0.3, 0.4) is 0 Å². The second kappa shape index (κ2) is 5.22. The molecule has 1 nitrogen and oxygen atoms in total. The summed E-state index contributed by atoms with van der Waals surface area (Å²) in [5, 5.41) is 0.207. The lowest BCUT2D eigenvalue weighted by Crippen LogP contribution is -2.53. The number of hydrogen-bond acceptors (Lipinski definition) is 1.